The molecule has 0 bridgehead atoms. The Morgan fingerprint density at radius 1 is 0.893 bits per heavy atom. The second-order valence-corrected chi connectivity index (χ2v) is 5.97. The standard InChI is InChI=1S/C21H22N4O3/c1-27-17-7-9-18(10-8-17)28-14-13-22-19-11-12-20(25-24-19)23-21(26)15-16-5-3-2-4-6-16/h2-12H,13-15H2,1H3,(H,22,24)(H,23,25,26). The first-order chi connectivity index (χ1) is 13.7. The molecule has 0 saturated carbocycles. The highest BCUT2D eigenvalue weighted by Crippen LogP contribution is 2.16. The van der Waals surface area contributed by atoms with Gasteiger partial charge in [0.2, 0.25) is 5.91 Å². The molecule has 3 rings (SSSR count). The molecule has 28 heavy (non-hydrogen) atoms. The number of hydrogen-bond donors (Lipinski definition) is 2. The number of methoxy groups -OCH3 is 1. The second-order valence-electron chi connectivity index (χ2n) is 5.97. The Bertz CT molecular complexity index is 868. The van der Waals surface area contributed by atoms with Crippen molar-refractivity contribution < 1.29 is 14.3 Å². The average Bonchev–Trinajstić information content (AvgIpc) is 2.73. The molecule has 0 aliphatic rings. The van der Waals surface area contributed by atoms with E-state index in [-0.39, 0.29) is 5.91 Å². The number of carbonyl (C=O) groups is 1. The number of benzene rings is 2. The van der Waals surface area contributed by atoms with E-state index in [1.54, 1.807) is 19.2 Å². The van der Waals surface area contributed by atoms with Crippen LogP contribution in [0.15, 0.2) is 66.7 Å². The van der Waals surface area contributed by atoms with Crippen molar-refractivity contribution in [3.8, 4) is 11.5 Å². The number of nitrogens with zero attached hydrogens (tertiary/aromatic N) is 2. The van der Waals surface area contributed by atoms with E-state index in [0.29, 0.717) is 31.2 Å². The minimum atomic E-state index is -0.130. The van der Waals surface area contributed by atoms with Gasteiger partial charge in [-0.1, -0.05) is 30.3 Å². The second kappa shape index (κ2) is 9.91. The topological polar surface area (TPSA) is 85.4 Å². The Kier molecular flexibility index (Phi) is 6.78. The number of anilines is 2. The van der Waals surface area contributed by atoms with Crippen LogP contribution in [0.2, 0.25) is 0 Å². The molecular weight excluding hydrogens is 356 g/mol. The van der Waals surface area contributed by atoms with Crippen molar-refractivity contribution in [1.82, 2.24) is 10.2 Å². The molecule has 0 aliphatic heterocycles. The summed E-state index contributed by atoms with van der Waals surface area (Å²) in [5.74, 6) is 2.45. The van der Waals surface area contributed by atoms with Crippen molar-refractivity contribution in [3.63, 3.8) is 0 Å². The molecule has 7 nitrogen and oxygen atoms in total. The van der Waals surface area contributed by atoms with E-state index in [2.05, 4.69) is 20.8 Å². The number of ether oxygens (including phenoxy) is 2. The third kappa shape index (κ3) is 5.98. The number of aromatic nitrogens is 2. The Morgan fingerprint density at radius 2 is 1.57 bits per heavy atom. The van der Waals surface area contributed by atoms with E-state index in [9.17, 15) is 4.79 Å². The third-order valence-corrected chi connectivity index (χ3v) is 3.88. The van der Waals surface area contributed by atoms with Crippen molar-refractivity contribution in [2.75, 3.05) is 30.9 Å². The lowest BCUT2D eigenvalue weighted by Gasteiger charge is -2.09. The number of rotatable bonds is 9. The fourth-order valence-electron chi connectivity index (χ4n) is 2.48. The zero-order chi connectivity index (χ0) is 19.6. The third-order valence-electron chi connectivity index (χ3n) is 3.88. The summed E-state index contributed by atoms with van der Waals surface area (Å²) in [6, 6.07) is 20.4. The van der Waals surface area contributed by atoms with E-state index in [4.69, 9.17) is 9.47 Å². The summed E-state index contributed by atoms with van der Waals surface area (Å²) in [5, 5.41) is 13.9. The monoisotopic (exact) mass is 378 g/mol. The number of hydrogen-bond acceptors (Lipinski definition) is 6. The van der Waals surface area contributed by atoms with Crippen LogP contribution >= 0.6 is 0 Å². The van der Waals surface area contributed by atoms with E-state index in [1.165, 1.54) is 0 Å². The molecular formula is C21H22N4O3. The van der Waals surface area contributed by atoms with Gasteiger partial charge in [-0.15, -0.1) is 10.2 Å². The van der Waals surface area contributed by atoms with Gasteiger partial charge in [0, 0.05) is 0 Å². The Labute approximate surface area is 163 Å². The molecule has 7 heteroatoms. The minimum Gasteiger partial charge on any atom is -0.497 e. The summed E-state index contributed by atoms with van der Waals surface area (Å²) in [4.78, 5) is 12.0. The maximum atomic E-state index is 12.0. The molecule has 1 amide bonds. The molecule has 0 spiro atoms. The molecule has 0 aliphatic carbocycles. The van der Waals surface area contributed by atoms with Crippen LogP contribution in [-0.4, -0.2) is 36.4 Å². The molecule has 0 atom stereocenters. The summed E-state index contributed by atoms with van der Waals surface area (Å²) in [6.07, 6.45) is 0.297. The molecule has 2 N–H and O–H groups in total. The van der Waals surface area contributed by atoms with Crippen LogP contribution in [0, 0.1) is 0 Å². The fourth-order valence-corrected chi connectivity index (χ4v) is 2.48. The molecule has 3 aromatic rings. The first kappa shape index (κ1) is 19.2. The van der Waals surface area contributed by atoms with Crippen molar-refractivity contribution in [3.05, 3.63) is 72.3 Å². The van der Waals surface area contributed by atoms with Crippen LogP contribution in [-0.2, 0) is 11.2 Å². The van der Waals surface area contributed by atoms with Gasteiger partial charge < -0.3 is 20.1 Å². The molecule has 2 aromatic carbocycles. The van der Waals surface area contributed by atoms with Gasteiger partial charge in [0.25, 0.3) is 0 Å². The maximum Gasteiger partial charge on any atom is 0.229 e. The molecule has 144 valence electrons. The predicted molar refractivity (Wildman–Crippen MR) is 108 cm³/mol. The smallest absolute Gasteiger partial charge is 0.229 e. The number of carbonyl (C=O) groups excluding carboxylic acids is 1. The summed E-state index contributed by atoms with van der Waals surface area (Å²) in [7, 11) is 1.63. The minimum absolute atomic E-state index is 0.130. The van der Waals surface area contributed by atoms with Gasteiger partial charge in [-0.05, 0) is 42.0 Å². The van der Waals surface area contributed by atoms with E-state index in [0.717, 1.165) is 17.1 Å². The molecule has 1 aromatic heterocycles. The van der Waals surface area contributed by atoms with Crippen molar-refractivity contribution in [1.29, 1.82) is 0 Å². The summed E-state index contributed by atoms with van der Waals surface area (Å²) in [5.41, 5.74) is 0.947. The maximum absolute atomic E-state index is 12.0. The first-order valence-corrected chi connectivity index (χ1v) is 8.91. The van der Waals surface area contributed by atoms with Gasteiger partial charge in [0.15, 0.2) is 5.82 Å². The lowest BCUT2D eigenvalue weighted by molar-refractivity contribution is -0.115. The van der Waals surface area contributed by atoms with Crippen molar-refractivity contribution >= 4 is 17.5 Å². The Balaban J connectivity index is 1.39. The van der Waals surface area contributed by atoms with E-state index < -0.39 is 0 Å². The first-order valence-electron chi connectivity index (χ1n) is 8.91. The highest BCUT2D eigenvalue weighted by molar-refractivity contribution is 5.91. The van der Waals surface area contributed by atoms with Gasteiger partial charge >= 0.3 is 0 Å². The van der Waals surface area contributed by atoms with Gasteiger partial charge in [-0.25, -0.2) is 0 Å². The van der Waals surface area contributed by atoms with Crippen LogP contribution in [0.5, 0.6) is 11.5 Å². The number of amides is 1. The van der Waals surface area contributed by atoms with Crippen LogP contribution < -0.4 is 20.1 Å². The van der Waals surface area contributed by atoms with Gasteiger partial charge in [-0.2, -0.15) is 0 Å². The SMILES string of the molecule is COc1ccc(OCCNc2ccc(NC(=O)Cc3ccccc3)nn2)cc1. The predicted octanol–water partition coefficient (Wildman–Crippen LogP) is 3.16. The van der Waals surface area contributed by atoms with Crippen LogP contribution in [0.1, 0.15) is 5.56 Å². The highest BCUT2D eigenvalue weighted by Gasteiger charge is 2.05. The van der Waals surface area contributed by atoms with Gasteiger partial charge in [-0.3, -0.25) is 4.79 Å². The Hall–Kier alpha value is -3.61. The van der Waals surface area contributed by atoms with E-state index >= 15 is 0 Å². The quantitative estimate of drug-likeness (QED) is 0.557. The fraction of sp³-hybridized carbons (Fsp3) is 0.190. The van der Waals surface area contributed by atoms with Gasteiger partial charge in [0.05, 0.1) is 20.1 Å². The van der Waals surface area contributed by atoms with E-state index in [1.807, 2.05) is 54.6 Å². The van der Waals surface area contributed by atoms with Crippen LogP contribution in [0.25, 0.3) is 0 Å². The number of nitrogens with one attached hydrogen (secondary N) is 2. The molecule has 1 heterocycles. The lowest BCUT2D eigenvalue weighted by atomic mass is 10.1. The zero-order valence-electron chi connectivity index (χ0n) is 15.6. The summed E-state index contributed by atoms with van der Waals surface area (Å²) < 4.78 is 10.7. The highest BCUT2D eigenvalue weighted by atomic mass is 16.5. The molecule has 0 saturated heterocycles. The van der Waals surface area contributed by atoms with Crippen LogP contribution in [0.4, 0.5) is 11.6 Å². The van der Waals surface area contributed by atoms with Crippen molar-refractivity contribution in [2.24, 2.45) is 0 Å². The largest absolute Gasteiger partial charge is 0.497 e. The Morgan fingerprint density at radius 3 is 2.25 bits per heavy atom. The summed E-state index contributed by atoms with van der Waals surface area (Å²) in [6.45, 7) is 1.05. The average molecular weight is 378 g/mol. The molecule has 0 fully saturated rings. The van der Waals surface area contributed by atoms with Crippen LogP contribution in [0.3, 0.4) is 0 Å². The lowest BCUT2D eigenvalue weighted by Crippen LogP contribution is -2.16. The van der Waals surface area contributed by atoms with Gasteiger partial charge in [0.1, 0.15) is 23.9 Å². The zero-order valence-corrected chi connectivity index (χ0v) is 15.6. The molecule has 0 unspecified atom stereocenters. The summed E-state index contributed by atoms with van der Waals surface area (Å²) >= 11 is 0. The van der Waals surface area contributed by atoms with Crippen molar-refractivity contribution in [2.45, 2.75) is 6.42 Å². The normalized spacial score (nSPS) is 10.2. The molecule has 0 radical (unpaired) electrons.